The molecule has 2 heterocycles. The first-order chi connectivity index (χ1) is 7.45. The summed E-state index contributed by atoms with van der Waals surface area (Å²) in [5, 5.41) is 0.997. The highest BCUT2D eigenvalue weighted by Gasteiger charge is 2.05. The van der Waals surface area contributed by atoms with Crippen molar-refractivity contribution < 1.29 is 4.42 Å². The monoisotopic (exact) mass is 194 g/mol. The van der Waals surface area contributed by atoms with Crippen molar-refractivity contribution in [2.45, 2.75) is 0 Å². The third-order valence-electron chi connectivity index (χ3n) is 2.37. The molecular formula is C13H8NO. The smallest absolute Gasteiger partial charge is 0.142 e. The number of benzene rings is 1. The number of furan rings is 1. The van der Waals surface area contributed by atoms with Crippen LogP contribution in [0.2, 0.25) is 0 Å². The molecule has 0 aliphatic rings. The molecule has 1 radical (unpaired) electrons. The van der Waals surface area contributed by atoms with Crippen molar-refractivity contribution >= 4 is 11.0 Å². The summed E-state index contributed by atoms with van der Waals surface area (Å²) in [4.78, 5) is 4.10. The maximum Gasteiger partial charge on any atom is 0.142 e. The van der Waals surface area contributed by atoms with Gasteiger partial charge in [0.25, 0.3) is 0 Å². The molecule has 2 nitrogen and oxygen atoms in total. The Balaban J connectivity index is 2.31. The number of hydrogen-bond donors (Lipinski definition) is 0. The fraction of sp³-hybridized carbons (Fsp3) is 0. The van der Waals surface area contributed by atoms with Crippen LogP contribution in [-0.4, -0.2) is 4.98 Å². The first-order valence-corrected chi connectivity index (χ1v) is 4.73. The fourth-order valence-corrected chi connectivity index (χ4v) is 1.67. The van der Waals surface area contributed by atoms with E-state index in [0.29, 0.717) is 0 Å². The average molecular weight is 194 g/mol. The Bertz CT molecular complexity index is 584. The minimum Gasteiger partial charge on any atom is -0.464 e. The second-order valence-corrected chi connectivity index (χ2v) is 3.30. The quantitative estimate of drug-likeness (QED) is 0.594. The van der Waals surface area contributed by atoms with Gasteiger partial charge in [-0.2, -0.15) is 0 Å². The van der Waals surface area contributed by atoms with Gasteiger partial charge >= 0.3 is 0 Å². The topological polar surface area (TPSA) is 26.0 Å². The van der Waals surface area contributed by atoms with E-state index in [-0.39, 0.29) is 0 Å². The molecule has 0 bridgehead atoms. The zero-order chi connectivity index (χ0) is 10.1. The molecule has 0 saturated heterocycles. The second-order valence-electron chi connectivity index (χ2n) is 3.30. The molecule has 0 atom stereocenters. The summed E-state index contributed by atoms with van der Waals surface area (Å²) in [5.74, 6) is 0. The standard InChI is InChI=1S/C13H8NO/c1-3-10-6-8-15-13(10)12(5-1)11-4-2-7-14-9-11/h1-2,4-9H. The molecule has 1 aromatic carbocycles. The summed E-state index contributed by atoms with van der Waals surface area (Å²) in [6, 6.07) is 12.9. The molecule has 0 saturated carbocycles. The lowest BCUT2D eigenvalue weighted by molar-refractivity contribution is 0.617. The highest BCUT2D eigenvalue weighted by Crippen LogP contribution is 2.28. The van der Waals surface area contributed by atoms with Crippen LogP contribution in [-0.2, 0) is 0 Å². The first kappa shape index (κ1) is 8.24. The van der Waals surface area contributed by atoms with Gasteiger partial charge < -0.3 is 4.42 Å². The van der Waals surface area contributed by atoms with Crippen LogP contribution in [0.1, 0.15) is 0 Å². The molecule has 0 spiro atoms. The molecule has 0 unspecified atom stereocenters. The predicted octanol–water partition coefficient (Wildman–Crippen LogP) is 3.29. The van der Waals surface area contributed by atoms with E-state index in [4.69, 9.17) is 4.42 Å². The zero-order valence-corrected chi connectivity index (χ0v) is 7.97. The van der Waals surface area contributed by atoms with Crippen molar-refractivity contribution in [3.05, 3.63) is 55.1 Å². The molecule has 0 amide bonds. The summed E-state index contributed by atoms with van der Waals surface area (Å²) in [6.45, 7) is 0. The summed E-state index contributed by atoms with van der Waals surface area (Å²) in [7, 11) is 0. The molecule has 0 fully saturated rings. The van der Waals surface area contributed by atoms with E-state index in [1.54, 1.807) is 12.5 Å². The van der Waals surface area contributed by atoms with Crippen LogP contribution >= 0.6 is 0 Å². The fourth-order valence-electron chi connectivity index (χ4n) is 1.67. The largest absolute Gasteiger partial charge is 0.464 e. The van der Waals surface area contributed by atoms with Crippen molar-refractivity contribution in [3.8, 4) is 11.1 Å². The first-order valence-electron chi connectivity index (χ1n) is 4.73. The molecule has 3 rings (SSSR count). The zero-order valence-electron chi connectivity index (χ0n) is 7.97. The molecule has 0 aliphatic heterocycles. The Labute approximate surface area is 87.2 Å². The van der Waals surface area contributed by atoms with Crippen molar-refractivity contribution in [1.82, 2.24) is 4.98 Å². The number of aromatic nitrogens is 1. The summed E-state index contributed by atoms with van der Waals surface area (Å²) < 4.78 is 5.44. The van der Waals surface area contributed by atoms with E-state index in [1.165, 1.54) is 0 Å². The second kappa shape index (κ2) is 3.24. The minimum absolute atomic E-state index is 0.866. The van der Waals surface area contributed by atoms with Crippen molar-refractivity contribution in [3.63, 3.8) is 0 Å². The van der Waals surface area contributed by atoms with Crippen LogP contribution in [0.5, 0.6) is 0 Å². The van der Waals surface area contributed by atoms with E-state index < -0.39 is 0 Å². The van der Waals surface area contributed by atoms with Crippen LogP contribution < -0.4 is 0 Å². The predicted molar refractivity (Wildman–Crippen MR) is 58.3 cm³/mol. The third-order valence-corrected chi connectivity index (χ3v) is 2.37. The molecule has 71 valence electrons. The van der Waals surface area contributed by atoms with E-state index in [9.17, 15) is 0 Å². The van der Waals surface area contributed by atoms with Crippen molar-refractivity contribution in [2.24, 2.45) is 0 Å². The van der Waals surface area contributed by atoms with Gasteiger partial charge in [0.2, 0.25) is 0 Å². The van der Waals surface area contributed by atoms with Gasteiger partial charge in [-0.25, -0.2) is 0 Å². The van der Waals surface area contributed by atoms with Crippen molar-refractivity contribution in [1.29, 1.82) is 0 Å². The highest BCUT2D eigenvalue weighted by atomic mass is 16.3. The van der Waals surface area contributed by atoms with Crippen molar-refractivity contribution in [2.75, 3.05) is 0 Å². The number of fused-ring (bicyclic) bond motifs is 1. The van der Waals surface area contributed by atoms with Gasteiger partial charge in [0, 0.05) is 28.9 Å². The Morgan fingerprint density at radius 1 is 1.20 bits per heavy atom. The summed E-state index contributed by atoms with van der Waals surface area (Å²) >= 11 is 0. The molecule has 2 aromatic heterocycles. The van der Waals surface area contributed by atoms with Crippen LogP contribution in [0.15, 0.2) is 53.4 Å². The number of nitrogens with zero attached hydrogens (tertiary/aromatic N) is 1. The average Bonchev–Trinajstić information content (AvgIpc) is 2.78. The van der Waals surface area contributed by atoms with Gasteiger partial charge in [-0.3, -0.25) is 4.98 Å². The maximum atomic E-state index is 5.44. The van der Waals surface area contributed by atoms with Crippen LogP contribution in [0.3, 0.4) is 0 Å². The van der Waals surface area contributed by atoms with Crippen LogP contribution in [0.4, 0.5) is 0 Å². The van der Waals surface area contributed by atoms with Crippen LogP contribution in [0.25, 0.3) is 22.1 Å². The van der Waals surface area contributed by atoms with Gasteiger partial charge in [0.1, 0.15) is 5.58 Å². The number of pyridine rings is 1. The Hall–Kier alpha value is -2.09. The molecule has 15 heavy (non-hydrogen) atoms. The summed E-state index contributed by atoms with van der Waals surface area (Å²) in [6.07, 6.45) is 5.27. The van der Waals surface area contributed by atoms with E-state index >= 15 is 0 Å². The SMILES string of the molecule is [c]1ccc(-c2cccnc2)c2occc12. The van der Waals surface area contributed by atoms with E-state index in [0.717, 1.165) is 22.1 Å². The van der Waals surface area contributed by atoms with Gasteiger partial charge in [-0.15, -0.1) is 0 Å². The molecule has 0 aliphatic carbocycles. The summed E-state index contributed by atoms with van der Waals surface area (Å²) in [5.41, 5.74) is 2.99. The third kappa shape index (κ3) is 1.31. The van der Waals surface area contributed by atoms with Crippen LogP contribution in [0, 0.1) is 6.07 Å². The number of rotatable bonds is 1. The lowest BCUT2D eigenvalue weighted by Gasteiger charge is -2.00. The molecule has 3 aromatic rings. The van der Waals surface area contributed by atoms with Gasteiger partial charge in [-0.05, 0) is 24.3 Å². The molecule has 0 N–H and O–H groups in total. The lowest BCUT2D eigenvalue weighted by atomic mass is 10.1. The van der Waals surface area contributed by atoms with E-state index in [1.807, 2.05) is 36.5 Å². The van der Waals surface area contributed by atoms with E-state index in [2.05, 4.69) is 11.1 Å². The Kier molecular flexibility index (Phi) is 1.78. The van der Waals surface area contributed by atoms with Gasteiger partial charge in [0.15, 0.2) is 0 Å². The Morgan fingerprint density at radius 3 is 3.07 bits per heavy atom. The Morgan fingerprint density at radius 2 is 2.20 bits per heavy atom. The minimum atomic E-state index is 0.866. The van der Waals surface area contributed by atoms with Gasteiger partial charge in [0.05, 0.1) is 6.26 Å². The molecular weight excluding hydrogens is 186 g/mol. The van der Waals surface area contributed by atoms with Gasteiger partial charge in [-0.1, -0.05) is 12.1 Å². The molecule has 2 heteroatoms. The maximum absolute atomic E-state index is 5.44. The lowest BCUT2D eigenvalue weighted by Crippen LogP contribution is -1.79. The number of hydrogen-bond acceptors (Lipinski definition) is 2. The highest BCUT2D eigenvalue weighted by molar-refractivity contribution is 5.91. The normalized spacial score (nSPS) is 10.7.